The molecule has 1 atom stereocenters. The number of alkyl carbamates (subject to hydrolysis) is 1. The molecule has 1 fully saturated rings. The van der Waals surface area contributed by atoms with Gasteiger partial charge in [-0.05, 0) is 45.1 Å². The highest BCUT2D eigenvalue weighted by Gasteiger charge is 2.24. The SMILES string of the molecule is CC(C)(C)OC(=O)NC1CCCN(c2ccsc2)C1. The van der Waals surface area contributed by atoms with E-state index >= 15 is 0 Å². The molecule has 4 nitrogen and oxygen atoms in total. The van der Waals surface area contributed by atoms with Crippen LogP contribution >= 0.6 is 11.3 Å². The zero-order valence-corrected chi connectivity index (χ0v) is 12.6. The molecule has 1 aromatic heterocycles. The third-order valence-electron chi connectivity index (χ3n) is 3.01. The van der Waals surface area contributed by atoms with Crippen LogP contribution in [0.15, 0.2) is 16.8 Å². The van der Waals surface area contributed by atoms with Crippen molar-refractivity contribution in [3.63, 3.8) is 0 Å². The molecule has 0 radical (unpaired) electrons. The number of piperidine rings is 1. The first-order valence-electron chi connectivity index (χ1n) is 6.71. The van der Waals surface area contributed by atoms with E-state index in [0.717, 1.165) is 25.9 Å². The summed E-state index contributed by atoms with van der Waals surface area (Å²) >= 11 is 1.70. The third kappa shape index (κ3) is 4.42. The van der Waals surface area contributed by atoms with Crippen molar-refractivity contribution in [2.24, 2.45) is 0 Å². The molecule has 1 aliphatic heterocycles. The number of hydrogen-bond acceptors (Lipinski definition) is 4. The molecular weight excluding hydrogens is 260 g/mol. The van der Waals surface area contributed by atoms with Crippen LogP contribution in [0.4, 0.5) is 10.5 Å². The molecule has 0 bridgehead atoms. The van der Waals surface area contributed by atoms with Crippen LogP contribution in [0.25, 0.3) is 0 Å². The minimum Gasteiger partial charge on any atom is -0.444 e. The highest BCUT2D eigenvalue weighted by molar-refractivity contribution is 7.08. The molecular formula is C14H22N2O2S. The van der Waals surface area contributed by atoms with E-state index in [1.54, 1.807) is 11.3 Å². The van der Waals surface area contributed by atoms with Gasteiger partial charge in [-0.1, -0.05) is 0 Å². The molecule has 0 saturated carbocycles. The average Bonchev–Trinajstić information content (AvgIpc) is 2.79. The zero-order chi connectivity index (χ0) is 13.9. The molecule has 5 heteroatoms. The Morgan fingerprint density at radius 1 is 1.53 bits per heavy atom. The Balaban J connectivity index is 1.86. The summed E-state index contributed by atoms with van der Waals surface area (Å²) in [6.07, 6.45) is 1.79. The average molecular weight is 282 g/mol. The van der Waals surface area contributed by atoms with Gasteiger partial charge in [0.1, 0.15) is 5.60 Å². The van der Waals surface area contributed by atoms with Crippen LogP contribution in [-0.2, 0) is 4.74 Å². The largest absolute Gasteiger partial charge is 0.444 e. The van der Waals surface area contributed by atoms with Gasteiger partial charge in [0.2, 0.25) is 0 Å². The topological polar surface area (TPSA) is 41.6 Å². The first-order valence-corrected chi connectivity index (χ1v) is 7.65. The van der Waals surface area contributed by atoms with E-state index in [1.165, 1.54) is 5.69 Å². The van der Waals surface area contributed by atoms with Gasteiger partial charge in [0.05, 0.1) is 0 Å². The Labute approximate surface area is 118 Å². The highest BCUT2D eigenvalue weighted by Crippen LogP contribution is 2.22. The van der Waals surface area contributed by atoms with Crippen LogP contribution in [0.2, 0.25) is 0 Å². The molecule has 0 aliphatic carbocycles. The number of ether oxygens (including phenoxy) is 1. The smallest absolute Gasteiger partial charge is 0.407 e. The molecule has 1 unspecified atom stereocenters. The number of anilines is 1. The maximum absolute atomic E-state index is 11.8. The van der Waals surface area contributed by atoms with E-state index in [4.69, 9.17) is 4.74 Å². The summed E-state index contributed by atoms with van der Waals surface area (Å²) in [5.41, 5.74) is 0.812. The van der Waals surface area contributed by atoms with E-state index in [0.29, 0.717) is 0 Å². The molecule has 19 heavy (non-hydrogen) atoms. The molecule has 1 saturated heterocycles. The van der Waals surface area contributed by atoms with E-state index in [1.807, 2.05) is 20.8 Å². The Hall–Kier alpha value is -1.23. The summed E-state index contributed by atoms with van der Waals surface area (Å²) < 4.78 is 5.30. The quantitative estimate of drug-likeness (QED) is 0.905. The summed E-state index contributed by atoms with van der Waals surface area (Å²) in [6, 6.07) is 2.30. The summed E-state index contributed by atoms with van der Waals surface area (Å²) in [5.74, 6) is 0. The number of nitrogens with one attached hydrogen (secondary N) is 1. The lowest BCUT2D eigenvalue weighted by Gasteiger charge is -2.34. The third-order valence-corrected chi connectivity index (χ3v) is 3.68. The molecule has 2 rings (SSSR count). The van der Waals surface area contributed by atoms with Crippen LogP contribution in [0.3, 0.4) is 0 Å². The molecule has 1 N–H and O–H groups in total. The molecule has 0 spiro atoms. The Kier molecular flexibility index (Phi) is 4.34. The molecule has 2 heterocycles. The second-order valence-corrected chi connectivity index (χ2v) is 6.69. The van der Waals surface area contributed by atoms with Crippen LogP contribution in [0, 0.1) is 0 Å². The van der Waals surface area contributed by atoms with Crippen molar-refractivity contribution in [2.75, 3.05) is 18.0 Å². The van der Waals surface area contributed by atoms with Crippen LogP contribution in [0.1, 0.15) is 33.6 Å². The Morgan fingerprint density at radius 2 is 2.32 bits per heavy atom. The Morgan fingerprint density at radius 3 is 2.95 bits per heavy atom. The fraction of sp³-hybridized carbons (Fsp3) is 0.643. The van der Waals surface area contributed by atoms with Gasteiger partial charge < -0.3 is 15.0 Å². The van der Waals surface area contributed by atoms with Crippen molar-refractivity contribution in [3.8, 4) is 0 Å². The number of nitrogens with zero attached hydrogens (tertiary/aromatic N) is 1. The van der Waals surface area contributed by atoms with Crippen LogP contribution in [-0.4, -0.2) is 30.8 Å². The summed E-state index contributed by atoms with van der Waals surface area (Å²) in [7, 11) is 0. The van der Waals surface area contributed by atoms with Gasteiger partial charge in [0.25, 0.3) is 0 Å². The maximum Gasteiger partial charge on any atom is 0.407 e. The number of thiophene rings is 1. The standard InChI is InChI=1S/C14H22N2O2S/c1-14(2,3)18-13(17)15-11-5-4-7-16(9-11)12-6-8-19-10-12/h6,8,10-11H,4-5,7,9H2,1-3H3,(H,15,17). The lowest BCUT2D eigenvalue weighted by atomic mass is 10.1. The van der Waals surface area contributed by atoms with E-state index in [2.05, 4.69) is 27.0 Å². The fourth-order valence-corrected chi connectivity index (χ4v) is 2.90. The van der Waals surface area contributed by atoms with Crippen molar-refractivity contribution in [3.05, 3.63) is 16.8 Å². The number of amides is 1. The monoisotopic (exact) mass is 282 g/mol. The molecule has 1 aromatic rings. The zero-order valence-electron chi connectivity index (χ0n) is 11.8. The predicted octanol–water partition coefficient (Wildman–Crippen LogP) is 3.24. The van der Waals surface area contributed by atoms with Crippen molar-refractivity contribution in [2.45, 2.75) is 45.3 Å². The molecule has 0 aromatic carbocycles. The van der Waals surface area contributed by atoms with Crippen LogP contribution in [0.5, 0.6) is 0 Å². The van der Waals surface area contributed by atoms with E-state index in [9.17, 15) is 4.79 Å². The van der Waals surface area contributed by atoms with Crippen molar-refractivity contribution in [1.82, 2.24) is 5.32 Å². The van der Waals surface area contributed by atoms with E-state index < -0.39 is 5.60 Å². The second kappa shape index (κ2) is 5.82. The van der Waals surface area contributed by atoms with Crippen molar-refractivity contribution >= 4 is 23.1 Å². The number of carbonyl (C=O) groups is 1. The summed E-state index contributed by atoms with van der Waals surface area (Å²) in [5, 5.41) is 7.20. The van der Waals surface area contributed by atoms with Gasteiger partial charge in [-0.15, -0.1) is 0 Å². The first kappa shape index (κ1) is 14.2. The Bertz CT molecular complexity index is 412. The normalized spacial score (nSPS) is 20.2. The van der Waals surface area contributed by atoms with E-state index in [-0.39, 0.29) is 12.1 Å². The van der Waals surface area contributed by atoms with Crippen molar-refractivity contribution in [1.29, 1.82) is 0 Å². The first-order chi connectivity index (χ1) is 8.94. The lowest BCUT2D eigenvalue weighted by Crippen LogP contribution is -2.48. The molecule has 1 amide bonds. The maximum atomic E-state index is 11.8. The summed E-state index contributed by atoms with van der Waals surface area (Å²) in [6.45, 7) is 7.56. The van der Waals surface area contributed by atoms with Gasteiger partial charge in [-0.2, -0.15) is 11.3 Å². The number of rotatable bonds is 2. The van der Waals surface area contributed by atoms with Crippen LogP contribution < -0.4 is 10.2 Å². The van der Waals surface area contributed by atoms with Gasteiger partial charge in [-0.3, -0.25) is 0 Å². The van der Waals surface area contributed by atoms with Gasteiger partial charge in [0.15, 0.2) is 0 Å². The summed E-state index contributed by atoms with van der Waals surface area (Å²) in [4.78, 5) is 14.1. The number of hydrogen-bond donors (Lipinski definition) is 1. The predicted molar refractivity (Wildman–Crippen MR) is 78.9 cm³/mol. The minimum atomic E-state index is -0.439. The number of carbonyl (C=O) groups excluding carboxylic acids is 1. The minimum absolute atomic E-state index is 0.170. The molecule has 1 aliphatic rings. The highest BCUT2D eigenvalue weighted by atomic mass is 32.1. The van der Waals surface area contributed by atoms with Crippen molar-refractivity contribution < 1.29 is 9.53 Å². The molecule has 106 valence electrons. The van der Waals surface area contributed by atoms with Gasteiger partial charge in [0, 0.05) is 30.2 Å². The second-order valence-electron chi connectivity index (χ2n) is 5.91. The fourth-order valence-electron chi connectivity index (χ4n) is 2.24. The van der Waals surface area contributed by atoms with Gasteiger partial charge in [-0.25, -0.2) is 4.79 Å². The lowest BCUT2D eigenvalue weighted by molar-refractivity contribution is 0.0500. The van der Waals surface area contributed by atoms with Gasteiger partial charge >= 0.3 is 6.09 Å².